The zero-order valence-corrected chi connectivity index (χ0v) is 31.2. The van der Waals surface area contributed by atoms with E-state index in [-0.39, 0.29) is 0 Å². The van der Waals surface area contributed by atoms with Crippen LogP contribution >= 0.6 is 0 Å². The Morgan fingerprint density at radius 1 is 0.407 bits per heavy atom. The Labute approximate surface area is 333 Å². The van der Waals surface area contributed by atoms with Crippen molar-refractivity contribution < 1.29 is 129 Å². The largest absolute Gasteiger partial charge is 0.394 e. The molecule has 1 amide bonds. The second kappa shape index (κ2) is 20.8. The fourth-order valence-electron chi connectivity index (χ4n) is 7.37. The molecular weight excluding hydrogens is 814 g/mol. The molecule has 5 aliphatic heterocycles. The first kappa shape index (κ1) is 48.5. The van der Waals surface area contributed by atoms with Gasteiger partial charge in [0.1, 0.15) is 122 Å². The molecule has 0 bridgehead atoms. The van der Waals surface area contributed by atoms with Crippen LogP contribution in [0.4, 0.5) is 0 Å². The van der Waals surface area contributed by atoms with Gasteiger partial charge in [0.25, 0.3) is 0 Å². The van der Waals surface area contributed by atoms with Crippen LogP contribution in [0.25, 0.3) is 0 Å². The number of aliphatic hydroxyl groups is 16. The molecule has 0 aliphatic carbocycles. The lowest BCUT2D eigenvalue weighted by Gasteiger charge is -2.51. The molecule has 0 aromatic carbocycles. The highest BCUT2D eigenvalue weighted by Crippen LogP contribution is 2.37. The molecule has 27 nitrogen and oxygen atoms in total. The number of rotatable bonds is 14. The Bertz CT molecular complexity index is 1320. The van der Waals surface area contributed by atoms with Gasteiger partial charge in [0.05, 0.1) is 33.0 Å². The maximum Gasteiger partial charge on any atom is 0.217 e. The number of carbonyl (C=O) groups is 1. The molecule has 27 heteroatoms. The van der Waals surface area contributed by atoms with Gasteiger partial charge in [-0.15, -0.1) is 0 Å². The van der Waals surface area contributed by atoms with E-state index >= 15 is 0 Å². The molecule has 5 fully saturated rings. The normalized spacial score (nSPS) is 51.0. The average Bonchev–Trinajstić information content (AvgIpc) is 3.21. The van der Waals surface area contributed by atoms with Crippen LogP contribution in [0.3, 0.4) is 0 Å². The van der Waals surface area contributed by atoms with Crippen molar-refractivity contribution in [2.75, 3.05) is 33.0 Å². The number of amides is 1. The van der Waals surface area contributed by atoms with Crippen LogP contribution in [0.2, 0.25) is 0 Å². The summed E-state index contributed by atoms with van der Waals surface area (Å²) in [5.41, 5.74) is 0. The highest BCUT2D eigenvalue weighted by Gasteiger charge is 2.58. The minimum atomic E-state index is -2.17. The van der Waals surface area contributed by atoms with Gasteiger partial charge < -0.3 is 130 Å². The average molecular weight is 870 g/mol. The summed E-state index contributed by atoms with van der Waals surface area (Å²) in [5, 5.41) is 170. The van der Waals surface area contributed by atoms with Crippen molar-refractivity contribution in [1.82, 2.24) is 5.32 Å². The van der Waals surface area contributed by atoms with E-state index in [1.807, 2.05) is 0 Å². The SMILES string of the molecule is CC(=O)NC1C(OC2C(OC3C(OC4C(O)OC(CO)C(O)C4O)OC(CO)C(O)C3O)OC(CO)C(O)C2OC2OC(CO)C(O)C(O)C2O)OC(CO)C(O)C1O. The number of hydrogen-bond donors (Lipinski definition) is 17. The maximum absolute atomic E-state index is 12.2. The summed E-state index contributed by atoms with van der Waals surface area (Å²) in [7, 11) is 0. The lowest BCUT2D eigenvalue weighted by Crippen LogP contribution is -2.70. The Kier molecular flexibility index (Phi) is 17.1. The third kappa shape index (κ3) is 10.2. The van der Waals surface area contributed by atoms with Gasteiger partial charge in [0.2, 0.25) is 5.91 Å². The molecule has 5 aliphatic rings. The molecule has 25 unspecified atom stereocenters. The van der Waals surface area contributed by atoms with E-state index in [1.54, 1.807) is 0 Å². The summed E-state index contributed by atoms with van der Waals surface area (Å²) >= 11 is 0. The monoisotopic (exact) mass is 869 g/mol. The van der Waals surface area contributed by atoms with Gasteiger partial charge in [-0.05, 0) is 0 Å². The van der Waals surface area contributed by atoms with Crippen molar-refractivity contribution in [3.8, 4) is 0 Å². The lowest BCUT2D eigenvalue weighted by atomic mass is 9.94. The van der Waals surface area contributed by atoms with Crippen molar-refractivity contribution in [3.05, 3.63) is 0 Å². The summed E-state index contributed by atoms with van der Waals surface area (Å²) in [4.78, 5) is 12.2. The van der Waals surface area contributed by atoms with E-state index in [1.165, 1.54) is 0 Å². The molecule has 0 spiro atoms. The maximum atomic E-state index is 12.2. The van der Waals surface area contributed by atoms with Gasteiger partial charge in [0, 0.05) is 6.92 Å². The van der Waals surface area contributed by atoms with Gasteiger partial charge in [-0.25, -0.2) is 0 Å². The zero-order chi connectivity index (χ0) is 43.6. The predicted molar refractivity (Wildman–Crippen MR) is 178 cm³/mol. The van der Waals surface area contributed by atoms with Crippen molar-refractivity contribution >= 4 is 5.91 Å². The van der Waals surface area contributed by atoms with E-state index in [0.717, 1.165) is 6.92 Å². The van der Waals surface area contributed by atoms with Gasteiger partial charge in [-0.2, -0.15) is 0 Å². The van der Waals surface area contributed by atoms with Crippen LogP contribution in [0.15, 0.2) is 0 Å². The van der Waals surface area contributed by atoms with E-state index < -0.39 is 192 Å². The summed E-state index contributed by atoms with van der Waals surface area (Å²) in [6.45, 7) is -3.69. The standard InChI is InChI=1S/C32H55NO26/c1-7(39)33-13-19(45)14(40)9(3-35)52-29(13)59-27-24(56-30-23(49)20(46)15(41)10(4-36)53-30)18(44)12(6-38)55-32(27)58-26-22(48)17(43)11(5-37)54-31(26)57-25-21(47)16(42)8(2-34)51-28(25)50/h8-32,34-38,40-50H,2-6H2,1H3,(H,33,39). The minimum absolute atomic E-state index is 0.801. The van der Waals surface area contributed by atoms with Gasteiger partial charge in [-0.3, -0.25) is 4.79 Å². The van der Waals surface area contributed by atoms with Crippen molar-refractivity contribution in [3.63, 3.8) is 0 Å². The summed E-state index contributed by atoms with van der Waals surface area (Å²) < 4.78 is 51.4. The quantitative estimate of drug-likeness (QED) is 0.0770. The zero-order valence-electron chi connectivity index (χ0n) is 31.2. The van der Waals surface area contributed by atoms with E-state index in [9.17, 15) is 86.5 Å². The number of hydrogen-bond acceptors (Lipinski definition) is 26. The Morgan fingerprint density at radius 2 is 0.780 bits per heavy atom. The Hall–Kier alpha value is -1.53. The van der Waals surface area contributed by atoms with E-state index in [0.29, 0.717) is 0 Å². The minimum Gasteiger partial charge on any atom is -0.394 e. The van der Waals surface area contributed by atoms with Gasteiger partial charge in [0.15, 0.2) is 31.5 Å². The first-order chi connectivity index (χ1) is 27.9. The fraction of sp³-hybridized carbons (Fsp3) is 0.969. The summed E-state index contributed by atoms with van der Waals surface area (Å²) in [5.74, 6) is -0.801. The third-order valence-electron chi connectivity index (χ3n) is 10.7. The lowest BCUT2D eigenvalue weighted by molar-refractivity contribution is -0.412. The van der Waals surface area contributed by atoms with Crippen LogP contribution < -0.4 is 5.32 Å². The first-order valence-electron chi connectivity index (χ1n) is 18.6. The molecule has 0 aromatic heterocycles. The molecule has 5 heterocycles. The van der Waals surface area contributed by atoms with Crippen molar-refractivity contribution in [2.24, 2.45) is 0 Å². The molecule has 25 atom stereocenters. The molecule has 5 saturated heterocycles. The molecule has 0 aromatic rings. The third-order valence-corrected chi connectivity index (χ3v) is 10.7. The second-order valence-electron chi connectivity index (χ2n) is 14.7. The van der Waals surface area contributed by atoms with E-state index in [2.05, 4.69) is 5.32 Å². The van der Waals surface area contributed by atoms with Crippen LogP contribution in [-0.4, -0.2) is 274 Å². The molecular formula is C32H55NO26. The molecule has 17 N–H and O–H groups in total. The van der Waals surface area contributed by atoms with E-state index in [4.69, 9.17) is 42.6 Å². The summed E-state index contributed by atoms with van der Waals surface area (Å²) in [6.07, 6.45) is -46.4. The highest BCUT2D eigenvalue weighted by atomic mass is 16.8. The number of carbonyl (C=O) groups excluding carboxylic acids is 1. The van der Waals surface area contributed by atoms with Crippen LogP contribution in [0, 0.1) is 0 Å². The highest BCUT2D eigenvalue weighted by molar-refractivity contribution is 5.73. The second-order valence-corrected chi connectivity index (χ2v) is 14.7. The van der Waals surface area contributed by atoms with Crippen LogP contribution in [0.5, 0.6) is 0 Å². The number of ether oxygens (including phenoxy) is 9. The topological polar surface area (TPSA) is 436 Å². The predicted octanol–water partition coefficient (Wildman–Crippen LogP) is -11.8. The fourth-order valence-corrected chi connectivity index (χ4v) is 7.37. The van der Waals surface area contributed by atoms with Crippen LogP contribution in [0.1, 0.15) is 6.92 Å². The van der Waals surface area contributed by atoms with Crippen LogP contribution in [-0.2, 0) is 47.4 Å². The van der Waals surface area contributed by atoms with Crippen molar-refractivity contribution in [1.29, 1.82) is 0 Å². The van der Waals surface area contributed by atoms with Crippen molar-refractivity contribution in [2.45, 2.75) is 160 Å². The summed E-state index contributed by atoms with van der Waals surface area (Å²) in [6, 6.07) is -1.69. The molecule has 5 rings (SSSR count). The smallest absolute Gasteiger partial charge is 0.217 e. The first-order valence-corrected chi connectivity index (χ1v) is 18.6. The van der Waals surface area contributed by atoms with Gasteiger partial charge in [-0.1, -0.05) is 0 Å². The molecule has 344 valence electrons. The Balaban J connectivity index is 1.55. The molecule has 59 heavy (non-hydrogen) atoms. The molecule has 0 radical (unpaired) electrons. The Morgan fingerprint density at radius 3 is 1.31 bits per heavy atom. The number of aliphatic hydroxyl groups excluding tert-OH is 16. The van der Waals surface area contributed by atoms with Gasteiger partial charge >= 0.3 is 0 Å². The number of nitrogens with one attached hydrogen (secondary N) is 1. The molecule has 0 saturated carbocycles.